The predicted octanol–water partition coefficient (Wildman–Crippen LogP) is 2.29. The minimum absolute atomic E-state index is 0.587. The number of carbonyl (C=O) groups excluding carboxylic acids is 1. The van der Waals surface area contributed by atoms with Gasteiger partial charge in [-0.1, -0.05) is 29.8 Å². The number of rotatable bonds is 3. The number of aryl methyl sites for hydroxylation is 2. The molecule has 0 spiro atoms. The summed E-state index contributed by atoms with van der Waals surface area (Å²) in [5.41, 5.74) is 3.89. The lowest BCUT2D eigenvalue weighted by molar-refractivity contribution is 0.565. The molecule has 0 unspecified atom stereocenters. The Hall–Kier alpha value is -2.19. The van der Waals surface area contributed by atoms with E-state index in [-0.39, 0.29) is 0 Å². The van der Waals surface area contributed by atoms with Crippen LogP contribution >= 0.6 is 0 Å². The molecule has 4 heteroatoms. The van der Waals surface area contributed by atoms with Crippen molar-refractivity contribution in [3.8, 4) is 0 Å². The minimum atomic E-state index is 0.587. The molecule has 86 valence electrons. The molecule has 0 bridgehead atoms. The summed E-state index contributed by atoms with van der Waals surface area (Å²) in [5, 5.41) is 4.10. The van der Waals surface area contributed by atoms with Crippen molar-refractivity contribution in [2.24, 2.45) is 12.0 Å². The van der Waals surface area contributed by atoms with Crippen LogP contribution in [-0.2, 0) is 18.3 Å². The van der Waals surface area contributed by atoms with Crippen LogP contribution in [0.1, 0.15) is 16.8 Å². The van der Waals surface area contributed by atoms with Crippen LogP contribution in [0.5, 0.6) is 0 Å². The van der Waals surface area contributed by atoms with Gasteiger partial charge < -0.3 is 0 Å². The van der Waals surface area contributed by atoms with E-state index in [0.717, 1.165) is 5.69 Å². The lowest BCUT2D eigenvalue weighted by Crippen LogP contribution is -1.99. The maximum Gasteiger partial charge on any atom is 0.240 e. The van der Waals surface area contributed by atoms with Gasteiger partial charge in [-0.05, 0) is 12.5 Å². The molecule has 1 aromatic heterocycles. The monoisotopic (exact) mass is 227 g/mol. The Morgan fingerprint density at radius 1 is 1.47 bits per heavy atom. The van der Waals surface area contributed by atoms with Crippen molar-refractivity contribution in [2.75, 3.05) is 0 Å². The number of hydrogen-bond acceptors (Lipinski definition) is 3. The van der Waals surface area contributed by atoms with Crippen LogP contribution in [0.15, 0.2) is 35.5 Å². The van der Waals surface area contributed by atoms with Crippen molar-refractivity contribution in [1.82, 2.24) is 9.78 Å². The highest BCUT2D eigenvalue weighted by Crippen LogP contribution is 2.21. The van der Waals surface area contributed by atoms with E-state index in [0.29, 0.717) is 12.1 Å². The van der Waals surface area contributed by atoms with Gasteiger partial charge in [-0.25, -0.2) is 4.79 Å². The zero-order chi connectivity index (χ0) is 12.3. The van der Waals surface area contributed by atoms with E-state index >= 15 is 0 Å². The summed E-state index contributed by atoms with van der Waals surface area (Å²) in [5.74, 6) is 0. The van der Waals surface area contributed by atoms with Crippen LogP contribution < -0.4 is 0 Å². The molecule has 17 heavy (non-hydrogen) atoms. The van der Waals surface area contributed by atoms with Gasteiger partial charge in [0, 0.05) is 13.5 Å². The molecule has 0 radical (unpaired) electrons. The molecule has 0 aliphatic heterocycles. The van der Waals surface area contributed by atoms with Crippen molar-refractivity contribution >= 4 is 11.8 Å². The van der Waals surface area contributed by atoms with Gasteiger partial charge in [0.05, 0.1) is 11.9 Å². The second kappa shape index (κ2) is 4.76. The molecule has 0 saturated carbocycles. The third kappa shape index (κ3) is 2.49. The average molecular weight is 227 g/mol. The Morgan fingerprint density at radius 3 is 3.00 bits per heavy atom. The number of benzene rings is 1. The SMILES string of the molecule is Cc1cccc(Cc2c(N=C=O)cnn2C)c1. The third-order valence-electron chi connectivity index (χ3n) is 2.66. The van der Waals surface area contributed by atoms with Gasteiger partial charge in [0.25, 0.3) is 0 Å². The first-order valence-corrected chi connectivity index (χ1v) is 5.35. The van der Waals surface area contributed by atoms with Gasteiger partial charge in [0.2, 0.25) is 6.08 Å². The minimum Gasteiger partial charge on any atom is -0.270 e. The smallest absolute Gasteiger partial charge is 0.240 e. The predicted molar refractivity (Wildman–Crippen MR) is 65.0 cm³/mol. The first-order valence-electron chi connectivity index (χ1n) is 5.35. The summed E-state index contributed by atoms with van der Waals surface area (Å²) < 4.78 is 1.73. The fourth-order valence-electron chi connectivity index (χ4n) is 1.81. The molecule has 0 aliphatic rings. The van der Waals surface area contributed by atoms with Gasteiger partial charge >= 0.3 is 0 Å². The van der Waals surface area contributed by atoms with E-state index in [1.54, 1.807) is 17.0 Å². The highest BCUT2D eigenvalue weighted by molar-refractivity contribution is 5.51. The van der Waals surface area contributed by atoms with Gasteiger partial charge in [-0.15, -0.1) is 0 Å². The van der Waals surface area contributed by atoms with Gasteiger partial charge in [-0.2, -0.15) is 10.1 Å². The molecular weight excluding hydrogens is 214 g/mol. The highest BCUT2D eigenvalue weighted by atomic mass is 16.1. The van der Waals surface area contributed by atoms with E-state index in [1.807, 2.05) is 13.1 Å². The molecule has 1 aromatic carbocycles. The lowest BCUT2D eigenvalue weighted by Gasteiger charge is -2.04. The normalized spacial score (nSPS) is 10.0. The molecule has 0 saturated heterocycles. The summed E-state index contributed by atoms with van der Waals surface area (Å²) in [6.45, 7) is 2.05. The zero-order valence-electron chi connectivity index (χ0n) is 9.84. The molecule has 1 heterocycles. The maximum atomic E-state index is 10.3. The number of aliphatic imine (C=N–C) groups is 1. The van der Waals surface area contributed by atoms with Crippen LogP contribution in [0.4, 0.5) is 5.69 Å². The highest BCUT2D eigenvalue weighted by Gasteiger charge is 2.08. The van der Waals surface area contributed by atoms with Crippen molar-refractivity contribution in [3.05, 3.63) is 47.3 Å². The first-order chi connectivity index (χ1) is 8.20. The van der Waals surface area contributed by atoms with Crippen LogP contribution in [0.3, 0.4) is 0 Å². The summed E-state index contributed by atoms with van der Waals surface area (Å²) >= 11 is 0. The lowest BCUT2D eigenvalue weighted by atomic mass is 10.1. The number of isocyanates is 1. The largest absolute Gasteiger partial charge is 0.270 e. The number of hydrogen-bond donors (Lipinski definition) is 0. The molecule has 0 aliphatic carbocycles. The van der Waals surface area contributed by atoms with Crippen molar-refractivity contribution in [2.45, 2.75) is 13.3 Å². The third-order valence-corrected chi connectivity index (χ3v) is 2.66. The van der Waals surface area contributed by atoms with Crippen molar-refractivity contribution in [3.63, 3.8) is 0 Å². The van der Waals surface area contributed by atoms with Crippen LogP contribution in [-0.4, -0.2) is 15.9 Å². The molecular formula is C13H13N3O. The van der Waals surface area contributed by atoms with Crippen LogP contribution in [0, 0.1) is 6.92 Å². The summed E-state index contributed by atoms with van der Waals surface area (Å²) in [6.07, 6.45) is 3.84. The maximum absolute atomic E-state index is 10.3. The second-order valence-electron chi connectivity index (χ2n) is 3.97. The molecule has 2 rings (SSSR count). The van der Waals surface area contributed by atoms with Crippen molar-refractivity contribution < 1.29 is 4.79 Å². The Morgan fingerprint density at radius 2 is 2.29 bits per heavy atom. The Kier molecular flexibility index (Phi) is 3.17. The van der Waals surface area contributed by atoms with E-state index in [4.69, 9.17) is 0 Å². The standard InChI is InChI=1S/C13H13N3O/c1-10-4-3-5-11(6-10)7-13-12(14-9-17)8-15-16(13)2/h3-6,8H,7H2,1-2H3. The van der Waals surface area contributed by atoms with Crippen LogP contribution in [0.25, 0.3) is 0 Å². The first kappa shape index (κ1) is 11.3. The van der Waals surface area contributed by atoms with E-state index in [1.165, 1.54) is 11.1 Å². The average Bonchev–Trinajstić information content (AvgIpc) is 2.62. The Balaban J connectivity index is 2.35. The number of aromatic nitrogens is 2. The van der Waals surface area contributed by atoms with Gasteiger partial charge in [0.15, 0.2) is 0 Å². The number of nitrogens with zero attached hydrogens (tertiary/aromatic N) is 3. The topological polar surface area (TPSA) is 47.2 Å². The molecule has 4 nitrogen and oxygen atoms in total. The Labute approximate surface area is 99.6 Å². The quantitative estimate of drug-likeness (QED) is 0.596. The zero-order valence-corrected chi connectivity index (χ0v) is 9.84. The molecule has 0 fully saturated rings. The van der Waals surface area contributed by atoms with E-state index in [2.05, 4.69) is 35.2 Å². The van der Waals surface area contributed by atoms with E-state index in [9.17, 15) is 4.79 Å². The molecule has 0 atom stereocenters. The second-order valence-corrected chi connectivity index (χ2v) is 3.97. The van der Waals surface area contributed by atoms with Gasteiger partial charge in [0.1, 0.15) is 5.69 Å². The van der Waals surface area contributed by atoms with Crippen molar-refractivity contribution in [1.29, 1.82) is 0 Å². The summed E-state index contributed by atoms with van der Waals surface area (Å²) in [6, 6.07) is 8.23. The molecule has 2 aromatic rings. The fourth-order valence-corrected chi connectivity index (χ4v) is 1.81. The summed E-state index contributed by atoms with van der Waals surface area (Å²) in [4.78, 5) is 14.0. The Bertz CT molecular complexity index is 580. The molecule has 0 amide bonds. The van der Waals surface area contributed by atoms with Gasteiger partial charge in [-0.3, -0.25) is 4.68 Å². The van der Waals surface area contributed by atoms with E-state index < -0.39 is 0 Å². The molecule has 0 N–H and O–H groups in total. The van der Waals surface area contributed by atoms with Crippen LogP contribution in [0.2, 0.25) is 0 Å². The summed E-state index contributed by atoms with van der Waals surface area (Å²) in [7, 11) is 1.84. The fraction of sp³-hybridized carbons (Fsp3) is 0.231.